The van der Waals surface area contributed by atoms with E-state index >= 15 is 0 Å². The van der Waals surface area contributed by atoms with Crippen LogP contribution in [0.4, 0.5) is 5.69 Å². The summed E-state index contributed by atoms with van der Waals surface area (Å²) >= 11 is 0. The molecule has 0 saturated carbocycles. The highest BCUT2D eigenvalue weighted by molar-refractivity contribution is 5.92. The van der Waals surface area contributed by atoms with E-state index in [0.717, 1.165) is 16.8 Å². The summed E-state index contributed by atoms with van der Waals surface area (Å²) in [6.45, 7) is 3.85. The van der Waals surface area contributed by atoms with Gasteiger partial charge in [0.25, 0.3) is 0 Å². The number of nitrogens with zero attached hydrogens (tertiary/aromatic N) is 1. The van der Waals surface area contributed by atoms with Gasteiger partial charge in [0.1, 0.15) is 6.54 Å². The Morgan fingerprint density at radius 1 is 1.14 bits per heavy atom. The maximum Gasteiger partial charge on any atom is 0.420 e. The molecule has 3 rings (SSSR count). The van der Waals surface area contributed by atoms with Gasteiger partial charge in [-0.15, -0.1) is 0 Å². The number of anilines is 1. The quantitative estimate of drug-likeness (QED) is 0.808. The van der Waals surface area contributed by atoms with Gasteiger partial charge in [-0.1, -0.05) is 24.3 Å². The zero-order valence-corrected chi connectivity index (χ0v) is 12.4. The van der Waals surface area contributed by atoms with Gasteiger partial charge in [-0.05, 0) is 43.2 Å². The minimum atomic E-state index is -0.530. The molecule has 0 aliphatic carbocycles. The highest BCUT2D eigenvalue weighted by Gasteiger charge is 2.13. The molecule has 3 aromatic rings. The summed E-state index contributed by atoms with van der Waals surface area (Å²) in [5.41, 5.74) is 3.96. The molecule has 0 aliphatic heterocycles. The van der Waals surface area contributed by atoms with Crippen LogP contribution in [0.5, 0.6) is 0 Å². The minimum absolute atomic E-state index is 0.0801. The number of carbonyl (C=O) groups is 1. The lowest BCUT2D eigenvalue weighted by molar-refractivity contribution is -0.116. The summed E-state index contributed by atoms with van der Waals surface area (Å²) < 4.78 is 6.45. The van der Waals surface area contributed by atoms with E-state index in [9.17, 15) is 9.59 Å². The average molecular weight is 296 g/mol. The van der Waals surface area contributed by atoms with E-state index in [1.807, 2.05) is 32.0 Å². The zero-order valence-electron chi connectivity index (χ0n) is 12.4. The molecule has 1 aromatic heterocycles. The van der Waals surface area contributed by atoms with Crippen LogP contribution in [-0.2, 0) is 11.3 Å². The number of benzene rings is 2. The number of oxazole rings is 1. The number of hydrogen-bond donors (Lipinski definition) is 1. The van der Waals surface area contributed by atoms with Crippen molar-refractivity contribution in [2.75, 3.05) is 5.32 Å². The summed E-state index contributed by atoms with van der Waals surface area (Å²) in [6.07, 6.45) is 0. The number of carbonyl (C=O) groups excluding carboxylic acids is 1. The molecule has 5 nitrogen and oxygen atoms in total. The van der Waals surface area contributed by atoms with Crippen LogP contribution in [0.2, 0.25) is 0 Å². The Bertz CT molecular complexity index is 906. The van der Waals surface area contributed by atoms with Gasteiger partial charge in [-0.3, -0.25) is 9.36 Å². The molecule has 0 aliphatic rings. The molecule has 0 radical (unpaired) electrons. The first kappa shape index (κ1) is 14.1. The van der Waals surface area contributed by atoms with Gasteiger partial charge < -0.3 is 9.73 Å². The van der Waals surface area contributed by atoms with Crippen molar-refractivity contribution < 1.29 is 9.21 Å². The molecule has 0 unspecified atom stereocenters. The maximum atomic E-state index is 12.2. The number of aryl methyl sites for hydroxylation is 1. The fourth-order valence-electron chi connectivity index (χ4n) is 2.38. The molecule has 0 atom stereocenters. The van der Waals surface area contributed by atoms with Crippen LogP contribution < -0.4 is 11.1 Å². The first-order valence-corrected chi connectivity index (χ1v) is 7.00. The summed E-state index contributed by atoms with van der Waals surface area (Å²) in [6, 6.07) is 12.8. The fraction of sp³-hybridized carbons (Fsp3) is 0.176. The van der Waals surface area contributed by atoms with Crippen LogP contribution in [0, 0.1) is 13.8 Å². The second kappa shape index (κ2) is 5.52. The van der Waals surface area contributed by atoms with Gasteiger partial charge in [0, 0.05) is 5.69 Å². The number of para-hydroxylation sites is 2. The third-order valence-corrected chi connectivity index (χ3v) is 3.75. The Balaban J connectivity index is 1.86. The van der Waals surface area contributed by atoms with Gasteiger partial charge in [0.05, 0.1) is 5.52 Å². The molecule has 5 heteroatoms. The monoisotopic (exact) mass is 296 g/mol. The van der Waals surface area contributed by atoms with Crippen molar-refractivity contribution in [3.05, 3.63) is 64.1 Å². The molecule has 2 aromatic carbocycles. The van der Waals surface area contributed by atoms with Crippen molar-refractivity contribution >= 4 is 22.7 Å². The average Bonchev–Trinajstić information content (AvgIpc) is 2.80. The summed E-state index contributed by atoms with van der Waals surface area (Å²) in [5, 5.41) is 2.84. The second-order valence-corrected chi connectivity index (χ2v) is 5.22. The molecule has 0 spiro atoms. The Morgan fingerprint density at radius 3 is 2.73 bits per heavy atom. The molecule has 1 heterocycles. The SMILES string of the molecule is Cc1cccc(NC(=O)Cn2c(=O)oc3ccccc32)c1C. The van der Waals surface area contributed by atoms with E-state index in [-0.39, 0.29) is 12.5 Å². The largest absolute Gasteiger partial charge is 0.420 e. The van der Waals surface area contributed by atoms with Gasteiger partial charge >= 0.3 is 5.76 Å². The molecule has 0 fully saturated rings. The minimum Gasteiger partial charge on any atom is -0.408 e. The standard InChI is InChI=1S/C17H16N2O3/c1-11-6-5-7-13(12(11)2)18-16(20)10-19-14-8-3-4-9-15(14)22-17(19)21/h3-9H,10H2,1-2H3,(H,18,20). The lowest BCUT2D eigenvalue weighted by Gasteiger charge is -2.10. The van der Waals surface area contributed by atoms with E-state index in [2.05, 4.69) is 5.32 Å². The molecule has 0 saturated heterocycles. The predicted molar refractivity (Wildman–Crippen MR) is 85.0 cm³/mol. The predicted octanol–water partition coefficient (Wildman–Crippen LogP) is 2.85. The highest BCUT2D eigenvalue weighted by Crippen LogP contribution is 2.18. The van der Waals surface area contributed by atoms with Crippen LogP contribution >= 0.6 is 0 Å². The van der Waals surface area contributed by atoms with Gasteiger partial charge in [-0.2, -0.15) is 0 Å². The van der Waals surface area contributed by atoms with Crippen molar-refractivity contribution in [1.82, 2.24) is 4.57 Å². The Labute approximate surface area is 127 Å². The van der Waals surface area contributed by atoms with Crippen LogP contribution in [0.1, 0.15) is 11.1 Å². The third-order valence-electron chi connectivity index (χ3n) is 3.75. The van der Waals surface area contributed by atoms with Crippen molar-refractivity contribution in [3.63, 3.8) is 0 Å². The Kier molecular flexibility index (Phi) is 3.55. The highest BCUT2D eigenvalue weighted by atomic mass is 16.4. The lowest BCUT2D eigenvalue weighted by atomic mass is 10.1. The number of rotatable bonds is 3. The van der Waals surface area contributed by atoms with Crippen molar-refractivity contribution in [1.29, 1.82) is 0 Å². The second-order valence-electron chi connectivity index (χ2n) is 5.22. The van der Waals surface area contributed by atoms with E-state index in [0.29, 0.717) is 11.1 Å². The number of nitrogens with one attached hydrogen (secondary N) is 1. The van der Waals surface area contributed by atoms with Crippen LogP contribution in [-0.4, -0.2) is 10.5 Å². The first-order valence-electron chi connectivity index (χ1n) is 7.00. The van der Waals surface area contributed by atoms with Crippen molar-refractivity contribution in [2.24, 2.45) is 0 Å². The molecule has 1 N–H and O–H groups in total. The molecular formula is C17H16N2O3. The number of aromatic nitrogens is 1. The summed E-state index contributed by atoms with van der Waals surface area (Å²) in [4.78, 5) is 24.1. The number of amides is 1. The Hall–Kier alpha value is -2.82. The Morgan fingerprint density at radius 2 is 1.91 bits per heavy atom. The summed E-state index contributed by atoms with van der Waals surface area (Å²) in [5.74, 6) is -0.792. The van der Waals surface area contributed by atoms with E-state index in [1.54, 1.807) is 24.3 Å². The lowest BCUT2D eigenvalue weighted by Crippen LogP contribution is -2.25. The smallest absolute Gasteiger partial charge is 0.408 e. The molecule has 22 heavy (non-hydrogen) atoms. The zero-order chi connectivity index (χ0) is 15.7. The topological polar surface area (TPSA) is 64.2 Å². The van der Waals surface area contributed by atoms with Crippen molar-refractivity contribution in [3.8, 4) is 0 Å². The van der Waals surface area contributed by atoms with Crippen LogP contribution in [0.25, 0.3) is 11.1 Å². The van der Waals surface area contributed by atoms with Gasteiger partial charge in [-0.25, -0.2) is 4.79 Å². The number of fused-ring (bicyclic) bond motifs is 1. The fourth-order valence-corrected chi connectivity index (χ4v) is 2.38. The molecule has 0 bridgehead atoms. The normalized spacial score (nSPS) is 10.8. The van der Waals surface area contributed by atoms with Gasteiger partial charge in [0.2, 0.25) is 5.91 Å². The maximum absolute atomic E-state index is 12.2. The van der Waals surface area contributed by atoms with Crippen molar-refractivity contribution in [2.45, 2.75) is 20.4 Å². The van der Waals surface area contributed by atoms with Crippen LogP contribution in [0.3, 0.4) is 0 Å². The third kappa shape index (κ3) is 2.53. The van der Waals surface area contributed by atoms with E-state index in [1.165, 1.54) is 4.57 Å². The van der Waals surface area contributed by atoms with E-state index in [4.69, 9.17) is 4.42 Å². The van der Waals surface area contributed by atoms with E-state index < -0.39 is 5.76 Å². The number of hydrogen-bond acceptors (Lipinski definition) is 3. The van der Waals surface area contributed by atoms with Gasteiger partial charge in [0.15, 0.2) is 5.58 Å². The van der Waals surface area contributed by atoms with Crippen LogP contribution in [0.15, 0.2) is 51.7 Å². The summed E-state index contributed by atoms with van der Waals surface area (Å²) in [7, 11) is 0. The first-order chi connectivity index (χ1) is 10.6. The molecule has 112 valence electrons. The molecule has 1 amide bonds. The molecular weight excluding hydrogens is 280 g/mol.